The Labute approximate surface area is 85.5 Å². The van der Waals surface area contributed by atoms with Gasteiger partial charge in [0.2, 0.25) is 0 Å². The van der Waals surface area contributed by atoms with Crippen LogP contribution in [0.5, 0.6) is 0 Å². The Bertz CT molecular complexity index is 274. The Morgan fingerprint density at radius 2 is 1.86 bits per heavy atom. The first-order valence-electron chi connectivity index (χ1n) is 4.55. The number of rotatable bonds is 4. The molecule has 1 unspecified atom stereocenters. The molecule has 0 saturated carbocycles. The summed E-state index contributed by atoms with van der Waals surface area (Å²) >= 11 is 0. The van der Waals surface area contributed by atoms with Gasteiger partial charge in [-0.2, -0.15) is 0 Å². The first kappa shape index (κ1) is 11.6. The van der Waals surface area contributed by atoms with Gasteiger partial charge in [0.05, 0.1) is 0 Å². The van der Waals surface area contributed by atoms with Crippen LogP contribution in [0, 0.1) is 6.92 Å². The molecule has 0 spiro atoms. The number of hydrogen-bond acceptors (Lipinski definition) is 3. The molecular weight excluding hydrogens is 197 g/mol. The highest BCUT2D eigenvalue weighted by Gasteiger charge is 2.13. The summed E-state index contributed by atoms with van der Waals surface area (Å²) in [6, 6.07) is 8.00. The molecule has 0 aliphatic heterocycles. The van der Waals surface area contributed by atoms with E-state index in [1.807, 2.05) is 31.2 Å². The number of benzene rings is 1. The highest BCUT2D eigenvalue weighted by atomic mass is 31.2. The normalized spacial score (nSPS) is 13.2. The lowest BCUT2D eigenvalue weighted by molar-refractivity contribution is 0.476. The number of aryl methyl sites for hydroxylation is 1. The predicted molar refractivity (Wildman–Crippen MR) is 59.2 cm³/mol. The molecule has 0 saturated heterocycles. The largest absolute Gasteiger partial charge is 0.350 e. The van der Waals surface area contributed by atoms with Crippen LogP contribution in [0.15, 0.2) is 24.3 Å². The summed E-state index contributed by atoms with van der Waals surface area (Å²) in [5.41, 5.74) is 7.85. The second-order valence-electron chi connectivity index (χ2n) is 3.40. The van der Waals surface area contributed by atoms with Crippen LogP contribution in [-0.2, 0) is 0 Å². The molecule has 4 N–H and O–H groups in total. The van der Waals surface area contributed by atoms with Gasteiger partial charge < -0.3 is 15.5 Å². The summed E-state index contributed by atoms with van der Waals surface area (Å²) in [5.74, 6) is 0.0525. The van der Waals surface area contributed by atoms with Crippen LogP contribution in [0.1, 0.15) is 17.0 Å². The maximum Gasteiger partial charge on any atom is 0.165 e. The SMILES string of the molecule is Cc1ccc(C(CN)CP(O)O)cc1. The Balaban J connectivity index is 2.73. The summed E-state index contributed by atoms with van der Waals surface area (Å²) in [4.78, 5) is 17.9. The van der Waals surface area contributed by atoms with Crippen molar-refractivity contribution >= 4 is 8.38 Å². The van der Waals surface area contributed by atoms with Crippen LogP contribution in [0.2, 0.25) is 0 Å². The van der Waals surface area contributed by atoms with Crippen molar-refractivity contribution in [3.63, 3.8) is 0 Å². The van der Waals surface area contributed by atoms with Crippen molar-refractivity contribution in [1.82, 2.24) is 0 Å². The standard InChI is InChI=1S/C10H16NO2P/c1-8-2-4-9(5-3-8)10(6-11)7-14(12)13/h2-5,10,12-13H,6-7,11H2,1H3. The van der Waals surface area contributed by atoms with Crippen LogP contribution >= 0.6 is 8.38 Å². The number of nitrogens with two attached hydrogens (primary N) is 1. The average molecular weight is 213 g/mol. The molecule has 14 heavy (non-hydrogen) atoms. The maximum atomic E-state index is 8.93. The van der Waals surface area contributed by atoms with E-state index in [-0.39, 0.29) is 5.92 Å². The van der Waals surface area contributed by atoms with Gasteiger partial charge in [-0.1, -0.05) is 29.8 Å². The van der Waals surface area contributed by atoms with Gasteiger partial charge in [0.1, 0.15) is 0 Å². The Kier molecular flexibility index (Phi) is 4.49. The van der Waals surface area contributed by atoms with Gasteiger partial charge in [-0.25, -0.2) is 0 Å². The van der Waals surface area contributed by atoms with Crippen molar-refractivity contribution in [2.75, 3.05) is 12.7 Å². The molecule has 3 nitrogen and oxygen atoms in total. The lowest BCUT2D eigenvalue weighted by Gasteiger charge is -2.15. The van der Waals surface area contributed by atoms with Crippen molar-refractivity contribution in [2.45, 2.75) is 12.8 Å². The lowest BCUT2D eigenvalue weighted by Crippen LogP contribution is -2.15. The molecule has 0 fully saturated rings. The van der Waals surface area contributed by atoms with Crippen molar-refractivity contribution < 1.29 is 9.79 Å². The van der Waals surface area contributed by atoms with Gasteiger partial charge in [-0.3, -0.25) is 0 Å². The van der Waals surface area contributed by atoms with E-state index in [0.29, 0.717) is 12.7 Å². The summed E-state index contributed by atoms with van der Waals surface area (Å²) in [7, 11) is -1.86. The van der Waals surface area contributed by atoms with Crippen LogP contribution in [-0.4, -0.2) is 22.5 Å². The van der Waals surface area contributed by atoms with Crippen LogP contribution in [0.3, 0.4) is 0 Å². The third-order valence-corrected chi connectivity index (χ3v) is 2.98. The minimum absolute atomic E-state index is 0.0525. The molecule has 1 aromatic carbocycles. The fraction of sp³-hybridized carbons (Fsp3) is 0.400. The molecule has 0 aliphatic carbocycles. The van der Waals surface area contributed by atoms with E-state index in [2.05, 4.69) is 0 Å². The Morgan fingerprint density at radius 1 is 1.29 bits per heavy atom. The van der Waals surface area contributed by atoms with E-state index >= 15 is 0 Å². The third kappa shape index (κ3) is 3.35. The summed E-state index contributed by atoms with van der Waals surface area (Å²) < 4.78 is 0. The van der Waals surface area contributed by atoms with Gasteiger partial charge >= 0.3 is 0 Å². The van der Waals surface area contributed by atoms with Gasteiger partial charge in [-0.15, -0.1) is 0 Å². The predicted octanol–water partition coefficient (Wildman–Crippen LogP) is 1.33. The van der Waals surface area contributed by atoms with E-state index in [1.165, 1.54) is 5.56 Å². The van der Waals surface area contributed by atoms with E-state index in [1.54, 1.807) is 0 Å². The van der Waals surface area contributed by atoms with Crippen molar-refractivity contribution in [2.24, 2.45) is 5.73 Å². The average Bonchev–Trinajstić information content (AvgIpc) is 2.15. The van der Waals surface area contributed by atoms with Crippen molar-refractivity contribution in [3.8, 4) is 0 Å². The quantitative estimate of drug-likeness (QED) is 0.661. The fourth-order valence-corrected chi connectivity index (χ4v) is 2.11. The summed E-state index contributed by atoms with van der Waals surface area (Å²) in [5, 5.41) is 0. The molecule has 1 atom stereocenters. The molecule has 1 aromatic rings. The molecule has 0 heterocycles. The molecule has 0 amide bonds. The van der Waals surface area contributed by atoms with E-state index in [0.717, 1.165) is 5.56 Å². The molecule has 1 rings (SSSR count). The van der Waals surface area contributed by atoms with Crippen molar-refractivity contribution in [1.29, 1.82) is 0 Å². The Hall–Kier alpha value is -0.470. The summed E-state index contributed by atoms with van der Waals surface area (Å²) in [6.07, 6.45) is 0.356. The second kappa shape index (κ2) is 5.42. The first-order valence-corrected chi connectivity index (χ1v) is 5.98. The van der Waals surface area contributed by atoms with Crippen molar-refractivity contribution in [3.05, 3.63) is 35.4 Å². The Morgan fingerprint density at radius 3 is 2.29 bits per heavy atom. The van der Waals surface area contributed by atoms with Gasteiger partial charge in [-0.05, 0) is 19.0 Å². The molecule has 0 aliphatic rings. The highest BCUT2D eigenvalue weighted by Crippen LogP contribution is 2.31. The molecule has 4 heteroatoms. The lowest BCUT2D eigenvalue weighted by atomic mass is 10.0. The van der Waals surface area contributed by atoms with E-state index in [4.69, 9.17) is 15.5 Å². The van der Waals surface area contributed by atoms with Crippen LogP contribution in [0.4, 0.5) is 0 Å². The first-order chi connectivity index (χ1) is 6.63. The topological polar surface area (TPSA) is 66.5 Å². The molecule has 0 radical (unpaired) electrons. The summed E-state index contributed by atoms with van der Waals surface area (Å²) in [6.45, 7) is 2.47. The minimum atomic E-state index is -1.86. The van der Waals surface area contributed by atoms with E-state index in [9.17, 15) is 0 Å². The van der Waals surface area contributed by atoms with Crippen LogP contribution in [0.25, 0.3) is 0 Å². The van der Waals surface area contributed by atoms with Gasteiger partial charge in [0, 0.05) is 12.1 Å². The maximum absolute atomic E-state index is 8.93. The molecule has 0 bridgehead atoms. The molecule has 78 valence electrons. The zero-order chi connectivity index (χ0) is 10.6. The fourth-order valence-electron chi connectivity index (χ4n) is 1.35. The zero-order valence-corrected chi connectivity index (χ0v) is 9.11. The zero-order valence-electron chi connectivity index (χ0n) is 8.22. The monoisotopic (exact) mass is 213 g/mol. The number of hydrogen-bond donors (Lipinski definition) is 3. The second-order valence-corrected chi connectivity index (χ2v) is 4.51. The van der Waals surface area contributed by atoms with Crippen LogP contribution < -0.4 is 5.73 Å². The van der Waals surface area contributed by atoms with Gasteiger partial charge in [0.25, 0.3) is 0 Å². The van der Waals surface area contributed by atoms with Gasteiger partial charge in [0.15, 0.2) is 8.38 Å². The highest BCUT2D eigenvalue weighted by molar-refractivity contribution is 7.45. The third-order valence-electron chi connectivity index (χ3n) is 2.22. The van der Waals surface area contributed by atoms with E-state index < -0.39 is 8.38 Å². The minimum Gasteiger partial charge on any atom is -0.350 e. The smallest absolute Gasteiger partial charge is 0.165 e. The molecule has 0 aromatic heterocycles. The molecular formula is C10H16NO2P.